The molecule has 0 bridgehead atoms. The minimum atomic E-state index is 0.735. The molecule has 4 aromatic rings. The molecule has 0 aliphatic rings. The van der Waals surface area contributed by atoms with Crippen LogP contribution < -0.4 is 4.74 Å². The van der Waals surface area contributed by atoms with Gasteiger partial charge in [0, 0.05) is 15.8 Å². The van der Waals surface area contributed by atoms with Gasteiger partial charge in [-0.1, -0.05) is 70.2 Å². The molecule has 1 aromatic heterocycles. The van der Waals surface area contributed by atoms with Crippen molar-refractivity contribution in [3.63, 3.8) is 0 Å². The number of hydrogen-bond acceptors (Lipinski definition) is 5. The van der Waals surface area contributed by atoms with Gasteiger partial charge in [-0.15, -0.1) is 10.2 Å². The number of ether oxygens (including phenoxy) is 1. The minimum absolute atomic E-state index is 0.735. The number of aromatic nitrogens is 3. The van der Waals surface area contributed by atoms with E-state index >= 15 is 0 Å². The van der Waals surface area contributed by atoms with Gasteiger partial charge in [0.2, 0.25) is 5.16 Å². The third-order valence-electron chi connectivity index (χ3n) is 4.50. The van der Waals surface area contributed by atoms with Crippen LogP contribution in [0.4, 0.5) is 0 Å². The zero-order valence-electron chi connectivity index (χ0n) is 16.0. The van der Waals surface area contributed by atoms with Crippen molar-refractivity contribution >= 4 is 44.7 Å². The third kappa shape index (κ3) is 4.36. The summed E-state index contributed by atoms with van der Waals surface area (Å²) in [5.41, 5.74) is 2.15. The highest BCUT2D eigenvalue weighted by molar-refractivity contribution is 9.10. The maximum Gasteiger partial charge on any atom is 0.212 e. The highest BCUT2D eigenvalue weighted by atomic mass is 79.9. The molecule has 7 heteroatoms. The molecular weight excluding hydrogens is 448 g/mol. The second-order valence-electron chi connectivity index (χ2n) is 6.40. The van der Waals surface area contributed by atoms with E-state index in [1.54, 1.807) is 23.5 Å². The van der Waals surface area contributed by atoms with Crippen molar-refractivity contribution in [1.29, 1.82) is 0 Å². The number of fused-ring (bicyclic) bond motifs is 1. The predicted molar refractivity (Wildman–Crippen MR) is 122 cm³/mol. The number of aryl methyl sites for hydroxylation is 1. The predicted octanol–water partition coefficient (Wildman–Crippen LogP) is 5.69. The van der Waals surface area contributed by atoms with Crippen LogP contribution in [0.15, 0.2) is 75.4 Å². The summed E-state index contributed by atoms with van der Waals surface area (Å²) < 4.78 is 8.40. The van der Waals surface area contributed by atoms with Crippen LogP contribution in [0.2, 0.25) is 0 Å². The highest BCUT2D eigenvalue weighted by Gasteiger charge is 2.11. The second kappa shape index (κ2) is 8.80. The van der Waals surface area contributed by atoms with Gasteiger partial charge < -0.3 is 4.74 Å². The molecule has 0 saturated heterocycles. The van der Waals surface area contributed by atoms with Gasteiger partial charge in [-0.2, -0.15) is 9.78 Å². The van der Waals surface area contributed by atoms with Crippen LogP contribution >= 0.6 is 27.7 Å². The number of methoxy groups -OCH3 is 1. The second-order valence-corrected chi connectivity index (χ2v) is 8.26. The Labute approximate surface area is 181 Å². The number of thioether (sulfide) groups is 1. The zero-order valence-corrected chi connectivity index (χ0v) is 18.4. The fraction of sp³-hybridized carbons (Fsp3) is 0.136. The van der Waals surface area contributed by atoms with E-state index in [2.05, 4.69) is 61.6 Å². The van der Waals surface area contributed by atoms with Crippen molar-refractivity contribution in [3.05, 3.63) is 82.1 Å². The van der Waals surface area contributed by atoms with Gasteiger partial charge in [-0.25, -0.2) is 0 Å². The Morgan fingerprint density at radius 3 is 2.66 bits per heavy atom. The Hall–Kier alpha value is -2.64. The first-order valence-electron chi connectivity index (χ1n) is 9.05. The van der Waals surface area contributed by atoms with Crippen molar-refractivity contribution < 1.29 is 4.74 Å². The van der Waals surface area contributed by atoms with Crippen LogP contribution in [0.3, 0.4) is 0 Å². The summed E-state index contributed by atoms with van der Waals surface area (Å²) in [5.74, 6) is 2.31. The van der Waals surface area contributed by atoms with Gasteiger partial charge >= 0.3 is 0 Å². The summed E-state index contributed by atoms with van der Waals surface area (Å²) in [4.78, 5) is 0. The standard InChI is InChI=1S/C22H19BrN4OS/c1-15-25-26-22(29-14-16-7-10-18(23)11-8-16)27(15)24-13-20-19-6-4-3-5-17(19)9-12-21(20)28-2/h3-13H,14H2,1-2H3/b24-13-. The maximum atomic E-state index is 5.56. The van der Waals surface area contributed by atoms with Gasteiger partial charge in [-0.05, 0) is 41.5 Å². The number of rotatable bonds is 6. The molecule has 3 aromatic carbocycles. The van der Waals surface area contributed by atoms with Crippen molar-refractivity contribution in [3.8, 4) is 5.75 Å². The minimum Gasteiger partial charge on any atom is -0.496 e. The summed E-state index contributed by atoms with van der Waals surface area (Å²) in [5, 5.41) is 16.1. The van der Waals surface area contributed by atoms with Gasteiger partial charge in [0.1, 0.15) is 5.75 Å². The summed E-state index contributed by atoms with van der Waals surface area (Å²) in [7, 11) is 1.67. The molecule has 146 valence electrons. The van der Waals surface area contributed by atoms with E-state index in [0.717, 1.165) is 43.3 Å². The Kier molecular flexibility index (Phi) is 5.97. The summed E-state index contributed by atoms with van der Waals surface area (Å²) in [6.07, 6.45) is 1.82. The van der Waals surface area contributed by atoms with Crippen LogP contribution in [0.25, 0.3) is 10.8 Å². The van der Waals surface area contributed by atoms with Crippen molar-refractivity contribution in [1.82, 2.24) is 14.9 Å². The van der Waals surface area contributed by atoms with Crippen molar-refractivity contribution in [2.45, 2.75) is 17.8 Å². The number of benzene rings is 3. The Bertz CT molecular complexity index is 1170. The summed E-state index contributed by atoms with van der Waals surface area (Å²) in [6.45, 7) is 1.90. The van der Waals surface area contributed by atoms with Gasteiger partial charge in [0.05, 0.1) is 13.3 Å². The molecule has 0 atom stereocenters. The molecule has 0 fully saturated rings. The molecule has 0 aliphatic heterocycles. The Morgan fingerprint density at radius 1 is 1.07 bits per heavy atom. The van der Waals surface area contributed by atoms with E-state index in [0.29, 0.717) is 0 Å². The van der Waals surface area contributed by atoms with E-state index in [9.17, 15) is 0 Å². The average Bonchev–Trinajstić information content (AvgIpc) is 3.10. The molecule has 0 spiro atoms. The summed E-state index contributed by atoms with van der Waals surface area (Å²) >= 11 is 5.07. The van der Waals surface area contributed by atoms with E-state index in [1.807, 2.05) is 43.5 Å². The fourth-order valence-electron chi connectivity index (χ4n) is 2.99. The molecule has 0 N–H and O–H groups in total. The topological polar surface area (TPSA) is 52.3 Å². The Morgan fingerprint density at radius 2 is 1.86 bits per heavy atom. The Balaban J connectivity index is 1.63. The first-order chi connectivity index (χ1) is 14.2. The SMILES string of the molecule is COc1ccc2ccccc2c1/C=N\n1c(C)nnc1SCc1ccc(Br)cc1. The molecule has 4 rings (SSSR count). The van der Waals surface area contributed by atoms with Gasteiger partial charge in [0.25, 0.3) is 0 Å². The lowest BCUT2D eigenvalue weighted by atomic mass is 10.0. The normalized spacial score (nSPS) is 11.4. The molecular formula is C22H19BrN4OS. The van der Waals surface area contributed by atoms with Gasteiger partial charge in [-0.3, -0.25) is 0 Å². The van der Waals surface area contributed by atoms with E-state index in [4.69, 9.17) is 4.74 Å². The largest absolute Gasteiger partial charge is 0.496 e. The van der Waals surface area contributed by atoms with Crippen LogP contribution in [0.1, 0.15) is 17.0 Å². The third-order valence-corrected chi connectivity index (χ3v) is 6.02. The lowest BCUT2D eigenvalue weighted by molar-refractivity contribution is 0.415. The molecule has 29 heavy (non-hydrogen) atoms. The first-order valence-corrected chi connectivity index (χ1v) is 10.8. The highest BCUT2D eigenvalue weighted by Crippen LogP contribution is 2.27. The molecule has 0 radical (unpaired) electrons. The first kappa shape index (κ1) is 19.7. The number of nitrogens with zero attached hydrogens (tertiary/aromatic N) is 4. The quantitative estimate of drug-likeness (QED) is 0.270. The smallest absolute Gasteiger partial charge is 0.212 e. The monoisotopic (exact) mass is 466 g/mol. The van der Waals surface area contributed by atoms with Crippen LogP contribution in [-0.4, -0.2) is 28.2 Å². The van der Waals surface area contributed by atoms with E-state index in [1.165, 1.54) is 5.56 Å². The van der Waals surface area contributed by atoms with Gasteiger partial charge in [0.15, 0.2) is 5.82 Å². The fourth-order valence-corrected chi connectivity index (χ4v) is 4.14. The average molecular weight is 467 g/mol. The van der Waals surface area contributed by atoms with Crippen molar-refractivity contribution in [2.75, 3.05) is 7.11 Å². The molecule has 0 unspecified atom stereocenters. The number of halogens is 1. The molecule has 5 nitrogen and oxygen atoms in total. The molecule has 0 aliphatic carbocycles. The van der Waals surface area contributed by atoms with Crippen LogP contribution in [0, 0.1) is 6.92 Å². The lowest BCUT2D eigenvalue weighted by Crippen LogP contribution is -1.98. The van der Waals surface area contributed by atoms with E-state index < -0.39 is 0 Å². The van der Waals surface area contributed by atoms with E-state index in [-0.39, 0.29) is 0 Å². The summed E-state index contributed by atoms with van der Waals surface area (Å²) in [6, 6.07) is 20.5. The number of hydrogen-bond donors (Lipinski definition) is 0. The molecule has 0 saturated carbocycles. The van der Waals surface area contributed by atoms with Crippen LogP contribution in [0.5, 0.6) is 5.75 Å². The van der Waals surface area contributed by atoms with Crippen molar-refractivity contribution in [2.24, 2.45) is 5.10 Å². The lowest BCUT2D eigenvalue weighted by Gasteiger charge is -2.09. The molecule has 0 amide bonds. The van der Waals surface area contributed by atoms with Crippen LogP contribution in [-0.2, 0) is 5.75 Å². The zero-order chi connectivity index (χ0) is 20.2. The maximum absolute atomic E-state index is 5.56. The molecule has 1 heterocycles.